The third-order valence-corrected chi connectivity index (χ3v) is 5.33. The summed E-state index contributed by atoms with van der Waals surface area (Å²) in [6.45, 7) is 4.11. The van der Waals surface area contributed by atoms with Crippen molar-refractivity contribution in [3.8, 4) is 0 Å². The Morgan fingerprint density at radius 3 is 3.09 bits per heavy atom. The van der Waals surface area contributed by atoms with E-state index in [0.29, 0.717) is 13.1 Å². The van der Waals surface area contributed by atoms with Crippen LogP contribution in [-0.2, 0) is 11.3 Å². The number of methoxy groups -OCH3 is 1. The molecule has 22 heavy (non-hydrogen) atoms. The first kappa shape index (κ1) is 15.6. The molecular formula is C15H22N4O2S. The standard InChI is InChI=1S/C15H22N4O2S/c1-10-9-22-15-17-11(5-14(20)19(10)15)8-18-4-3-13(21-2)6-12(18)7-16/h5,9,12-13H,3-4,6-8,16H2,1-2H3. The number of piperidine rings is 1. The molecule has 120 valence electrons. The van der Waals surface area contributed by atoms with Gasteiger partial charge < -0.3 is 10.5 Å². The van der Waals surface area contributed by atoms with Crippen molar-refractivity contribution in [2.24, 2.45) is 5.73 Å². The van der Waals surface area contributed by atoms with E-state index in [9.17, 15) is 4.79 Å². The van der Waals surface area contributed by atoms with Crippen molar-refractivity contribution in [3.63, 3.8) is 0 Å². The van der Waals surface area contributed by atoms with Crippen LogP contribution in [0.1, 0.15) is 24.2 Å². The summed E-state index contributed by atoms with van der Waals surface area (Å²) in [4.78, 5) is 19.9. The molecule has 0 aliphatic carbocycles. The third-order valence-electron chi connectivity index (χ3n) is 4.39. The number of nitrogens with two attached hydrogens (primary N) is 1. The fraction of sp³-hybridized carbons (Fsp3) is 0.600. The van der Waals surface area contributed by atoms with Crippen molar-refractivity contribution in [2.75, 3.05) is 20.2 Å². The van der Waals surface area contributed by atoms with Crippen molar-refractivity contribution in [1.29, 1.82) is 0 Å². The normalized spacial score (nSPS) is 23.2. The topological polar surface area (TPSA) is 72.9 Å². The largest absolute Gasteiger partial charge is 0.381 e. The number of nitrogens with zero attached hydrogens (tertiary/aromatic N) is 3. The van der Waals surface area contributed by atoms with Crippen LogP contribution >= 0.6 is 11.3 Å². The van der Waals surface area contributed by atoms with E-state index in [0.717, 1.165) is 35.7 Å². The lowest BCUT2D eigenvalue weighted by atomic mass is 9.99. The van der Waals surface area contributed by atoms with Crippen LogP contribution in [0.4, 0.5) is 0 Å². The van der Waals surface area contributed by atoms with Gasteiger partial charge >= 0.3 is 0 Å². The average Bonchev–Trinajstić information content (AvgIpc) is 2.89. The third kappa shape index (κ3) is 2.94. The van der Waals surface area contributed by atoms with Gasteiger partial charge in [0, 0.05) is 49.9 Å². The van der Waals surface area contributed by atoms with Gasteiger partial charge in [-0.25, -0.2) is 4.98 Å². The van der Waals surface area contributed by atoms with Crippen molar-refractivity contribution in [1.82, 2.24) is 14.3 Å². The molecule has 2 aromatic heterocycles. The highest BCUT2D eigenvalue weighted by Crippen LogP contribution is 2.21. The lowest BCUT2D eigenvalue weighted by Crippen LogP contribution is -2.48. The first-order valence-corrected chi connectivity index (χ1v) is 8.44. The fourth-order valence-electron chi connectivity index (χ4n) is 3.12. The van der Waals surface area contributed by atoms with E-state index in [4.69, 9.17) is 10.5 Å². The molecule has 2 N–H and O–H groups in total. The van der Waals surface area contributed by atoms with Gasteiger partial charge in [-0.2, -0.15) is 0 Å². The van der Waals surface area contributed by atoms with E-state index in [1.165, 1.54) is 11.3 Å². The molecule has 2 aromatic rings. The summed E-state index contributed by atoms with van der Waals surface area (Å²) >= 11 is 1.50. The maximum atomic E-state index is 12.2. The molecule has 0 saturated carbocycles. The molecule has 2 atom stereocenters. The van der Waals surface area contributed by atoms with Gasteiger partial charge in [0.15, 0.2) is 4.96 Å². The minimum absolute atomic E-state index is 0.00479. The number of aryl methyl sites for hydroxylation is 1. The quantitative estimate of drug-likeness (QED) is 0.909. The highest BCUT2D eigenvalue weighted by molar-refractivity contribution is 7.15. The van der Waals surface area contributed by atoms with E-state index >= 15 is 0 Å². The minimum Gasteiger partial charge on any atom is -0.381 e. The molecule has 6 nitrogen and oxygen atoms in total. The second kappa shape index (κ2) is 6.45. The second-order valence-electron chi connectivity index (χ2n) is 5.82. The molecule has 1 aliphatic rings. The van der Waals surface area contributed by atoms with Gasteiger partial charge in [-0.3, -0.25) is 14.1 Å². The van der Waals surface area contributed by atoms with Crippen LogP contribution in [0.3, 0.4) is 0 Å². The summed E-state index contributed by atoms with van der Waals surface area (Å²) in [5, 5.41) is 1.96. The summed E-state index contributed by atoms with van der Waals surface area (Å²) in [6, 6.07) is 1.92. The number of hydrogen-bond acceptors (Lipinski definition) is 6. The zero-order valence-corrected chi connectivity index (χ0v) is 13.8. The van der Waals surface area contributed by atoms with E-state index in [1.54, 1.807) is 17.6 Å². The predicted molar refractivity (Wildman–Crippen MR) is 87.4 cm³/mol. The Morgan fingerprint density at radius 2 is 2.36 bits per heavy atom. The van der Waals surface area contributed by atoms with Crippen LogP contribution in [-0.4, -0.2) is 46.6 Å². The van der Waals surface area contributed by atoms with Gasteiger partial charge in [-0.15, -0.1) is 11.3 Å². The number of ether oxygens (including phenoxy) is 1. The molecule has 3 heterocycles. The average molecular weight is 322 g/mol. The van der Waals surface area contributed by atoms with Crippen LogP contribution in [0.25, 0.3) is 4.96 Å². The summed E-state index contributed by atoms with van der Waals surface area (Å²) in [5.41, 5.74) is 7.66. The van der Waals surface area contributed by atoms with Crippen molar-refractivity contribution >= 4 is 16.3 Å². The number of likely N-dealkylation sites (tertiary alicyclic amines) is 1. The molecule has 2 unspecified atom stereocenters. The Bertz CT molecular complexity index is 711. The van der Waals surface area contributed by atoms with Crippen LogP contribution in [0.2, 0.25) is 0 Å². The zero-order chi connectivity index (χ0) is 15.7. The molecule has 0 amide bonds. The summed E-state index contributed by atoms with van der Waals surface area (Å²) in [5.74, 6) is 0. The lowest BCUT2D eigenvalue weighted by Gasteiger charge is -2.38. The molecule has 7 heteroatoms. The number of rotatable bonds is 4. The van der Waals surface area contributed by atoms with Gasteiger partial charge in [-0.1, -0.05) is 0 Å². The summed E-state index contributed by atoms with van der Waals surface area (Å²) in [7, 11) is 1.75. The van der Waals surface area contributed by atoms with Gasteiger partial charge in [0.1, 0.15) is 0 Å². The Labute approximate surface area is 133 Å². The van der Waals surface area contributed by atoms with Crippen molar-refractivity contribution < 1.29 is 4.74 Å². The number of aromatic nitrogens is 2. The Kier molecular flexibility index (Phi) is 4.58. The Morgan fingerprint density at radius 1 is 1.55 bits per heavy atom. The zero-order valence-electron chi connectivity index (χ0n) is 13.0. The second-order valence-corrected chi connectivity index (χ2v) is 6.66. The molecule has 0 aromatic carbocycles. The smallest absolute Gasteiger partial charge is 0.259 e. The minimum atomic E-state index is -0.00479. The van der Waals surface area contributed by atoms with Crippen LogP contribution in [0, 0.1) is 6.92 Å². The molecule has 1 saturated heterocycles. The molecule has 3 rings (SSSR count). The summed E-state index contributed by atoms with van der Waals surface area (Å²) in [6.07, 6.45) is 2.21. The van der Waals surface area contributed by atoms with E-state index in [2.05, 4.69) is 9.88 Å². The van der Waals surface area contributed by atoms with Crippen LogP contribution in [0.5, 0.6) is 0 Å². The number of fused-ring (bicyclic) bond motifs is 1. The van der Waals surface area contributed by atoms with Gasteiger partial charge in [0.2, 0.25) is 0 Å². The van der Waals surface area contributed by atoms with Gasteiger partial charge in [-0.05, 0) is 19.8 Å². The first-order chi connectivity index (χ1) is 10.6. The molecular weight excluding hydrogens is 300 g/mol. The molecule has 0 radical (unpaired) electrons. The molecule has 0 bridgehead atoms. The van der Waals surface area contributed by atoms with E-state index in [-0.39, 0.29) is 17.7 Å². The van der Waals surface area contributed by atoms with Crippen LogP contribution < -0.4 is 11.3 Å². The van der Waals surface area contributed by atoms with Gasteiger partial charge in [0.25, 0.3) is 5.56 Å². The molecule has 0 spiro atoms. The van der Waals surface area contributed by atoms with Crippen LogP contribution in [0.15, 0.2) is 16.2 Å². The first-order valence-electron chi connectivity index (χ1n) is 7.56. The lowest BCUT2D eigenvalue weighted by molar-refractivity contribution is 0.00978. The summed E-state index contributed by atoms with van der Waals surface area (Å²) < 4.78 is 7.11. The Hall–Kier alpha value is -1.28. The van der Waals surface area contributed by atoms with Crippen molar-refractivity contribution in [3.05, 3.63) is 33.2 Å². The van der Waals surface area contributed by atoms with E-state index in [1.807, 2.05) is 12.3 Å². The highest BCUT2D eigenvalue weighted by Gasteiger charge is 2.27. The molecule has 1 aliphatic heterocycles. The maximum absolute atomic E-state index is 12.2. The fourth-order valence-corrected chi connectivity index (χ4v) is 4.01. The Balaban J connectivity index is 1.82. The van der Waals surface area contributed by atoms with E-state index < -0.39 is 0 Å². The predicted octanol–water partition coefficient (Wildman–Crippen LogP) is 1.00. The number of hydrogen-bond donors (Lipinski definition) is 1. The maximum Gasteiger partial charge on any atom is 0.259 e. The van der Waals surface area contributed by atoms with Gasteiger partial charge in [0.05, 0.1) is 11.8 Å². The SMILES string of the molecule is COC1CCN(Cc2cc(=O)n3c(C)csc3n2)C(CN)C1. The number of thiazole rings is 1. The highest BCUT2D eigenvalue weighted by atomic mass is 32.1. The van der Waals surface area contributed by atoms with Crippen molar-refractivity contribution in [2.45, 2.75) is 38.5 Å². The molecule has 1 fully saturated rings. The monoisotopic (exact) mass is 322 g/mol.